The van der Waals surface area contributed by atoms with E-state index >= 15 is 0 Å². The van der Waals surface area contributed by atoms with E-state index in [0.717, 1.165) is 35.4 Å². The second kappa shape index (κ2) is 9.12. The lowest BCUT2D eigenvalue weighted by Gasteiger charge is -2.13. The largest absolute Gasteiger partial charge is 0.326 e. The monoisotopic (exact) mass is 440 g/mol. The van der Waals surface area contributed by atoms with Gasteiger partial charge in [0.05, 0.1) is 6.42 Å². The van der Waals surface area contributed by atoms with Crippen LogP contribution in [-0.4, -0.2) is 31.7 Å². The molecule has 1 fully saturated rings. The summed E-state index contributed by atoms with van der Waals surface area (Å²) in [7, 11) is -3.43. The molecule has 0 atom stereocenters. The number of carbonyl (C=O) groups is 1. The predicted octanol–water partition coefficient (Wildman–Crippen LogP) is 4.30. The van der Waals surface area contributed by atoms with E-state index in [1.807, 2.05) is 42.5 Å². The first-order valence-corrected chi connectivity index (χ1v) is 12.3. The summed E-state index contributed by atoms with van der Waals surface area (Å²) in [6, 6.07) is 21.2. The van der Waals surface area contributed by atoms with Gasteiger partial charge in [0, 0.05) is 23.7 Å². The molecule has 0 unspecified atom stereocenters. The standard InChI is InChI=1S/C23H24N2O3S2/c26-22(17-20-12-13-23(29-20)30(27,28)25-14-6-7-15-25)24-21-11-5-4-10-19(21)16-18-8-2-1-3-9-18/h1-5,8-13H,6-7,14-17H2,(H,24,26). The van der Waals surface area contributed by atoms with Crippen molar-refractivity contribution in [2.75, 3.05) is 18.4 Å². The lowest BCUT2D eigenvalue weighted by atomic mass is 10.0. The maximum absolute atomic E-state index is 12.7. The van der Waals surface area contributed by atoms with Crippen LogP contribution in [-0.2, 0) is 27.7 Å². The molecule has 5 nitrogen and oxygen atoms in total. The summed E-state index contributed by atoms with van der Waals surface area (Å²) in [6.07, 6.45) is 2.69. The molecule has 0 bridgehead atoms. The summed E-state index contributed by atoms with van der Waals surface area (Å²) in [5.74, 6) is -0.150. The van der Waals surface area contributed by atoms with Crippen LogP contribution in [0.1, 0.15) is 28.8 Å². The first-order valence-electron chi connectivity index (χ1n) is 10.0. The van der Waals surface area contributed by atoms with Crippen molar-refractivity contribution in [3.05, 3.63) is 82.7 Å². The Morgan fingerprint density at radius 1 is 0.933 bits per heavy atom. The molecule has 0 aliphatic carbocycles. The number of thiophene rings is 1. The van der Waals surface area contributed by atoms with Crippen LogP contribution in [0.25, 0.3) is 0 Å². The number of nitrogens with one attached hydrogen (secondary N) is 1. The van der Waals surface area contributed by atoms with Gasteiger partial charge in [-0.25, -0.2) is 8.42 Å². The quantitative estimate of drug-likeness (QED) is 0.596. The van der Waals surface area contributed by atoms with Crippen LogP contribution in [0.3, 0.4) is 0 Å². The summed E-state index contributed by atoms with van der Waals surface area (Å²) in [6.45, 7) is 1.16. The molecular formula is C23H24N2O3S2. The number of carbonyl (C=O) groups excluding carboxylic acids is 1. The topological polar surface area (TPSA) is 66.5 Å². The Morgan fingerprint density at radius 2 is 1.63 bits per heavy atom. The number of hydrogen-bond acceptors (Lipinski definition) is 4. The minimum absolute atomic E-state index is 0.150. The van der Waals surface area contributed by atoms with Gasteiger partial charge in [0.1, 0.15) is 4.21 Å². The molecule has 4 rings (SSSR count). The summed E-state index contributed by atoms with van der Waals surface area (Å²) in [5.41, 5.74) is 3.00. The molecule has 1 aliphatic rings. The fraction of sp³-hybridized carbons (Fsp3) is 0.261. The molecule has 1 aromatic heterocycles. The number of para-hydroxylation sites is 1. The zero-order valence-corrected chi connectivity index (χ0v) is 18.2. The van der Waals surface area contributed by atoms with E-state index in [-0.39, 0.29) is 12.3 Å². The second-order valence-corrected chi connectivity index (χ2v) is 10.7. The van der Waals surface area contributed by atoms with Gasteiger partial charge in [0.25, 0.3) is 10.0 Å². The summed E-state index contributed by atoms with van der Waals surface area (Å²) in [4.78, 5) is 13.4. The Kier molecular flexibility index (Phi) is 6.32. The molecule has 30 heavy (non-hydrogen) atoms. The van der Waals surface area contributed by atoms with E-state index in [9.17, 15) is 13.2 Å². The number of sulfonamides is 1. The molecule has 3 aromatic rings. The number of rotatable bonds is 7. The van der Waals surface area contributed by atoms with Crippen LogP contribution in [0.4, 0.5) is 5.69 Å². The third-order valence-electron chi connectivity index (χ3n) is 5.16. The van der Waals surface area contributed by atoms with E-state index in [0.29, 0.717) is 17.3 Å². The molecule has 0 saturated carbocycles. The molecule has 1 aliphatic heterocycles. The highest BCUT2D eigenvalue weighted by molar-refractivity contribution is 7.91. The van der Waals surface area contributed by atoms with Crippen molar-refractivity contribution in [3.63, 3.8) is 0 Å². The third kappa shape index (κ3) is 4.80. The van der Waals surface area contributed by atoms with Gasteiger partial charge in [-0.3, -0.25) is 4.79 Å². The molecule has 0 radical (unpaired) electrons. The maximum Gasteiger partial charge on any atom is 0.252 e. The Balaban J connectivity index is 1.43. The highest BCUT2D eigenvalue weighted by Gasteiger charge is 2.28. The lowest BCUT2D eigenvalue weighted by molar-refractivity contribution is -0.115. The van der Waals surface area contributed by atoms with Gasteiger partial charge in [-0.1, -0.05) is 48.5 Å². The number of anilines is 1. The van der Waals surface area contributed by atoms with Crippen LogP contribution in [0, 0.1) is 0 Å². The molecule has 0 spiro atoms. The molecule has 7 heteroatoms. The molecule has 1 saturated heterocycles. The van der Waals surface area contributed by atoms with Crippen LogP contribution in [0.15, 0.2) is 70.9 Å². The van der Waals surface area contributed by atoms with Crippen LogP contribution in [0.5, 0.6) is 0 Å². The van der Waals surface area contributed by atoms with E-state index in [4.69, 9.17) is 0 Å². The molecule has 1 N–H and O–H groups in total. The Morgan fingerprint density at radius 3 is 2.40 bits per heavy atom. The van der Waals surface area contributed by atoms with Crippen molar-refractivity contribution in [1.82, 2.24) is 4.31 Å². The van der Waals surface area contributed by atoms with Crippen LogP contribution in [0.2, 0.25) is 0 Å². The van der Waals surface area contributed by atoms with Crippen molar-refractivity contribution < 1.29 is 13.2 Å². The van der Waals surface area contributed by atoms with Gasteiger partial charge < -0.3 is 5.32 Å². The van der Waals surface area contributed by atoms with E-state index in [1.165, 1.54) is 21.2 Å². The normalized spacial score (nSPS) is 14.7. The minimum Gasteiger partial charge on any atom is -0.326 e. The van der Waals surface area contributed by atoms with Crippen molar-refractivity contribution in [2.24, 2.45) is 0 Å². The average Bonchev–Trinajstić information content (AvgIpc) is 3.43. The molecular weight excluding hydrogens is 416 g/mol. The van der Waals surface area contributed by atoms with Gasteiger partial charge in [0.15, 0.2) is 0 Å². The third-order valence-corrected chi connectivity index (χ3v) is 8.61. The second-order valence-electron chi connectivity index (χ2n) is 7.38. The maximum atomic E-state index is 12.7. The Labute approximate surface area is 181 Å². The highest BCUT2D eigenvalue weighted by atomic mass is 32.2. The number of nitrogens with zero attached hydrogens (tertiary/aromatic N) is 1. The van der Waals surface area contributed by atoms with Gasteiger partial charge in [0.2, 0.25) is 5.91 Å². The van der Waals surface area contributed by atoms with Crippen LogP contribution < -0.4 is 5.32 Å². The first-order chi connectivity index (χ1) is 14.5. The predicted molar refractivity (Wildman–Crippen MR) is 120 cm³/mol. The molecule has 1 amide bonds. The summed E-state index contributed by atoms with van der Waals surface area (Å²) >= 11 is 1.18. The molecule has 2 heterocycles. The van der Waals surface area contributed by atoms with Crippen molar-refractivity contribution in [1.29, 1.82) is 0 Å². The van der Waals surface area contributed by atoms with E-state index < -0.39 is 10.0 Å². The summed E-state index contributed by atoms with van der Waals surface area (Å²) < 4.78 is 27.2. The zero-order valence-electron chi connectivity index (χ0n) is 16.6. The fourth-order valence-corrected chi connectivity index (χ4v) is 6.64. The number of hydrogen-bond donors (Lipinski definition) is 1. The smallest absolute Gasteiger partial charge is 0.252 e. The zero-order chi connectivity index (χ0) is 21.0. The van der Waals surface area contributed by atoms with Gasteiger partial charge >= 0.3 is 0 Å². The van der Waals surface area contributed by atoms with Crippen molar-refractivity contribution in [2.45, 2.75) is 29.9 Å². The van der Waals surface area contributed by atoms with E-state index in [2.05, 4.69) is 17.4 Å². The SMILES string of the molecule is O=C(Cc1ccc(S(=O)(=O)N2CCCC2)s1)Nc1ccccc1Cc1ccccc1. The summed E-state index contributed by atoms with van der Waals surface area (Å²) in [5, 5.41) is 2.99. The minimum atomic E-state index is -3.43. The van der Waals surface area contributed by atoms with Gasteiger partial charge in [-0.15, -0.1) is 11.3 Å². The van der Waals surface area contributed by atoms with Gasteiger partial charge in [-0.05, 0) is 48.6 Å². The highest BCUT2D eigenvalue weighted by Crippen LogP contribution is 2.28. The lowest BCUT2D eigenvalue weighted by Crippen LogP contribution is -2.27. The molecule has 2 aromatic carbocycles. The van der Waals surface area contributed by atoms with E-state index in [1.54, 1.807) is 12.1 Å². The van der Waals surface area contributed by atoms with Crippen molar-refractivity contribution >= 4 is 33.0 Å². The Hall–Kier alpha value is -2.48. The van der Waals surface area contributed by atoms with Crippen molar-refractivity contribution in [3.8, 4) is 0 Å². The fourth-order valence-electron chi connectivity index (χ4n) is 3.61. The molecule has 156 valence electrons. The average molecular weight is 441 g/mol. The Bertz CT molecular complexity index is 1120. The number of amides is 1. The number of benzene rings is 2. The van der Waals surface area contributed by atoms with Crippen LogP contribution >= 0.6 is 11.3 Å². The first kappa shape index (κ1) is 20.8. The van der Waals surface area contributed by atoms with Gasteiger partial charge in [-0.2, -0.15) is 4.31 Å².